The fourth-order valence-corrected chi connectivity index (χ4v) is 0. The first-order valence-corrected chi connectivity index (χ1v) is 2.91. The highest BCUT2D eigenvalue weighted by atomic mass is 16.0. The van der Waals surface area contributed by atoms with E-state index in [9.17, 15) is 0 Å². The summed E-state index contributed by atoms with van der Waals surface area (Å²) in [4.78, 5) is 0. The smallest absolute Gasteiger partial charge is 0.0167 e. The van der Waals surface area contributed by atoms with Gasteiger partial charge in [-0.25, -0.2) is 0 Å². The lowest BCUT2D eigenvalue weighted by molar-refractivity contribution is 0.824. The van der Waals surface area contributed by atoms with Crippen LogP contribution in [0.4, 0.5) is 0 Å². The summed E-state index contributed by atoms with van der Waals surface area (Å²) >= 11 is 0. The molecule has 0 atom stereocenters. The van der Waals surface area contributed by atoms with Gasteiger partial charge in [-0.05, 0) is 14.1 Å². The van der Waals surface area contributed by atoms with Crippen molar-refractivity contribution in [2.75, 3.05) is 14.1 Å². The maximum Gasteiger partial charge on any atom is -0.0167 e. The number of nitrogens with one attached hydrogen (secondary N) is 1. The van der Waals surface area contributed by atoms with Crippen molar-refractivity contribution < 1.29 is 5.48 Å². The van der Waals surface area contributed by atoms with Gasteiger partial charge in [0.2, 0.25) is 0 Å². The van der Waals surface area contributed by atoms with Crippen LogP contribution in [0.25, 0.3) is 0 Å². The minimum atomic E-state index is 0. The molecule has 0 saturated carbocycles. The minimum Gasteiger partial charge on any atom is -0.412 e. The molecule has 54 valence electrons. The summed E-state index contributed by atoms with van der Waals surface area (Å²) in [6.45, 7) is 4.36. The first-order chi connectivity index (χ1) is 3.33. The van der Waals surface area contributed by atoms with Crippen LogP contribution in [0, 0.1) is 0 Å². The fourth-order valence-electron chi connectivity index (χ4n) is 0. The van der Waals surface area contributed by atoms with Gasteiger partial charge in [-0.15, -0.1) is 0 Å². The highest BCUT2D eigenvalue weighted by Crippen LogP contribution is 1.76. The van der Waals surface area contributed by atoms with Crippen molar-refractivity contribution in [3.05, 3.63) is 0 Å². The van der Waals surface area contributed by atoms with Crippen LogP contribution in [0.15, 0.2) is 0 Å². The number of hydrogen-bond acceptors (Lipinski definition) is 1. The van der Waals surface area contributed by atoms with Crippen molar-refractivity contribution in [2.24, 2.45) is 0 Å². The van der Waals surface area contributed by atoms with Gasteiger partial charge in [0.05, 0.1) is 0 Å². The monoisotopic (exact) mass is 121 g/mol. The van der Waals surface area contributed by atoms with Gasteiger partial charge in [0.1, 0.15) is 0 Å². The Bertz CT molecular complexity index is 16.0. The van der Waals surface area contributed by atoms with Gasteiger partial charge < -0.3 is 10.8 Å². The van der Waals surface area contributed by atoms with Gasteiger partial charge in [0.15, 0.2) is 0 Å². The molecule has 0 bridgehead atoms. The van der Waals surface area contributed by atoms with Crippen molar-refractivity contribution in [1.29, 1.82) is 0 Å². The average molecular weight is 121 g/mol. The predicted octanol–water partition coefficient (Wildman–Crippen LogP) is 0.817. The van der Waals surface area contributed by atoms with E-state index >= 15 is 0 Å². The summed E-state index contributed by atoms with van der Waals surface area (Å²) in [5, 5.41) is 2.75. The highest BCUT2D eigenvalue weighted by Gasteiger charge is 1.56. The Morgan fingerprint density at radius 2 is 1.12 bits per heavy atom. The molecular weight excluding hydrogens is 102 g/mol. The molecule has 0 aliphatic rings. The molecule has 0 heterocycles. The second-order valence-electron chi connectivity index (χ2n) is 1.50. The van der Waals surface area contributed by atoms with E-state index in [-0.39, 0.29) is 5.48 Å². The van der Waals surface area contributed by atoms with Crippen LogP contribution in [-0.4, -0.2) is 19.6 Å². The molecule has 0 fully saturated rings. The van der Waals surface area contributed by atoms with Crippen LogP contribution < -0.4 is 5.32 Å². The van der Waals surface area contributed by atoms with Gasteiger partial charge in [-0.1, -0.05) is 26.7 Å². The third kappa shape index (κ3) is 169. The van der Waals surface area contributed by atoms with Gasteiger partial charge >= 0.3 is 0 Å². The van der Waals surface area contributed by atoms with Gasteiger partial charge in [-0.2, -0.15) is 0 Å². The summed E-state index contributed by atoms with van der Waals surface area (Å²) in [5.41, 5.74) is 0. The largest absolute Gasteiger partial charge is 0.412 e. The van der Waals surface area contributed by atoms with Crippen molar-refractivity contribution >= 4 is 0 Å². The molecule has 8 heavy (non-hydrogen) atoms. The molecule has 0 aromatic heterocycles. The molecule has 0 aliphatic carbocycles. The van der Waals surface area contributed by atoms with E-state index in [0.717, 1.165) is 0 Å². The average Bonchev–Trinajstić information content (AvgIpc) is 1.69. The summed E-state index contributed by atoms with van der Waals surface area (Å²) in [6, 6.07) is 0. The molecule has 0 rings (SSSR count). The quantitative estimate of drug-likeness (QED) is 0.548. The normalized spacial score (nSPS) is 6.00. The molecule has 0 unspecified atom stereocenters. The maximum atomic E-state index is 2.75. The van der Waals surface area contributed by atoms with Crippen LogP contribution in [0.1, 0.15) is 26.7 Å². The van der Waals surface area contributed by atoms with E-state index in [4.69, 9.17) is 0 Å². The Hall–Kier alpha value is -0.0800. The Morgan fingerprint density at radius 3 is 1.12 bits per heavy atom. The molecule has 0 amide bonds. The van der Waals surface area contributed by atoms with E-state index < -0.39 is 0 Å². The van der Waals surface area contributed by atoms with Crippen LogP contribution in [0.5, 0.6) is 0 Å². The summed E-state index contributed by atoms with van der Waals surface area (Å²) < 4.78 is 0. The molecule has 3 N–H and O–H groups in total. The van der Waals surface area contributed by atoms with E-state index in [2.05, 4.69) is 19.2 Å². The first kappa shape index (κ1) is 15.7. The van der Waals surface area contributed by atoms with Crippen LogP contribution >= 0.6 is 0 Å². The maximum absolute atomic E-state index is 2.75. The lowest BCUT2D eigenvalue weighted by Gasteiger charge is -1.68. The number of unbranched alkanes of at least 4 members (excludes halogenated alkanes) is 1. The van der Waals surface area contributed by atoms with Crippen molar-refractivity contribution in [3.8, 4) is 0 Å². The van der Waals surface area contributed by atoms with Gasteiger partial charge in [0, 0.05) is 0 Å². The second kappa shape index (κ2) is 28.4. The van der Waals surface area contributed by atoms with Gasteiger partial charge in [0.25, 0.3) is 0 Å². The SMILES string of the molecule is CCCC.CNC.O. The van der Waals surface area contributed by atoms with Crippen molar-refractivity contribution in [3.63, 3.8) is 0 Å². The number of rotatable bonds is 1. The van der Waals surface area contributed by atoms with Crippen LogP contribution in [0.2, 0.25) is 0 Å². The Labute approximate surface area is 52.6 Å². The molecule has 0 spiro atoms. The van der Waals surface area contributed by atoms with Crippen LogP contribution in [-0.2, 0) is 0 Å². The topological polar surface area (TPSA) is 43.5 Å². The Balaban J connectivity index is -0.0000000575. The molecule has 0 saturated heterocycles. The summed E-state index contributed by atoms with van der Waals surface area (Å²) in [6.07, 6.45) is 2.64. The van der Waals surface area contributed by atoms with E-state index in [1.54, 1.807) is 0 Å². The third-order valence-corrected chi connectivity index (χ3v) is 0.500. The first-order valence-electron chi connectivity index (χ1n) is 2.91. The number of hydrogen-bond donors (Lipinski definition) is 1. The van der Waals surface area contributed by atoms with Crippen molar-refractivity contribution in [2.45, 2.75) is 26.7 Å². The lowest BCUT2D eigenvalue weighted by Crippen LogP contribution is -1.89. The summed E-state index contributed by atoms with van der Waals surface area (Å²) in [7, 11) is 3.75. The molecule has 0 aromatic rings. The summed E-state index contributed by atoms with van der Waals surface area (Å²) in [5.74, 6) is 0. The van der Waals surface area contributed by atoms with E-state index in [1.165, 1.54) is 12.8 Å². The molecule has 2 nitrogen and oxygen atoms in total. The third-order valence-electron chi connectivity index (χ3n) is 0.500. The molecule has 0 aromatic carbocycles. The highest BCUT2D eigenvalue weighted by molar-refractivity contribution is 4.12. The fraction of sp³-hybridized carbons (Fsp3) is 1.00. The zero-order valence-electron chi connectivity index (χ0n) is 6.41. The zero-order valence-corrected chi connectivity index (χ0v) is 6.41. The Morgan fingerprint density at radius 1 is 1.00 bits per heavy atom. The molecular formula is C6H19NO. The minimum absolute atomic E-state index is 0. The Kier molecular flexibility index (Phi) is 55.7. The van der Waals surface area contributed by atoms with Crippen molar-refractivity contribution in [1.82, 2.24) is 5.32 Å². The van der Waals surface area contributed by atoms with E-state index in [0.29, 0.717) is 0 Å². The zero-order chi connectivity index (χ0) is 6.12. The van der Waals surface area contributed by atoms with Gasteiger partial charge in [-0.3, -0.25) is 0 Å². The predicted molar refractivity (Wildman–Crippen MR) is 39.2 cm³/mol. The standard InChI is InChI=1S/C4H10.C2H7N.H2O/c1-3-4-2;1-3-2;/h3-4H2,1-2H3;3H,1-2H3;1H2. The molecule has 0 radical (unpaired) electrons. The molecule has 2 heteroatoms. The second-order valence-corrected chi connectivity index (χ2v) is 1.50. The molecule has 0 aliphatic heterocycles. The van der Waals surface area contributed by atoms with Crippen LogP contribution in [0.3, 0.4) is 0 Å². The lowest BCUT2D eigenvalue weighted by atomic mass is 10.4. The van der Waals surface area contributed by atoms with E-state index in [1.807, 2.05) is 14.1 Å².